The van der Waals surface area contributed by atoms with Crippen molar-refractivity contribution >= 4 is 28.9 Å². The van der Waals surface area contributed by atoms with Gasteiger partial charge in [0.25, 0.3) is 0 Å². The molecule has 0 aliphatic heterocycles. The minimum absolute atomic E-state index is 0.129. The van der Waals surface area contributed by atoms with Crippen LogP contribution < -0.4 is 10.6 Å². The third-order valence-electron chi connectivity index (χ3n) is 3.60. The van der Waals surface area contributed by atoms with Gasteiger partial charge in [-0.15, -0.1) is 11.3 Å². The Balaban J connectivity index is 1.92. The molecule has 25 heavy (non-hydrogen) atoms. The maximum atomic E-state index is 6.07. The minimum atomic E-state index is -0.129. The standard InChI is InChI=1S/C18H25ClN4OS/c1-4-20-18(21-9-8-16-12-25-13(2)23-16)22-11-17(24-3)14-6-5-7-15(19)10-14/h5-7,10,12,17H,4,8-9,11H2,1-3H3,(H2,20,21,22). The topological polar surface area (TPSA) is 58.5 Å². The fourth-order valence-electron chi connectivity index (χ4n) is 2.37. The smallest absolute Gasteiger partial charge is 0.191 e. The predicted octanol–water partition coefficient (Wildman–Crippen LogP) is 3.59. The SMILES string of the molecule is CCNC(=NCC(OC)c1cccc(Cl)c1)NCCc1csc(C)n1. The van der Waals surface area contributed by atoms with Crippen LogP contribution in [0.4, 0.5) is 0 Å². The summed E-state index contributed by atoms with van der Waals surface area (Å²) >= 11 is 7.74. The quantitative estimate of drug-likeness (QED) is 0.542. The first kappa shape index (κ1) is 19.7. The van der Waals surface area contributed by atoms with Crippen molar-refractivity contribution < 1.29 is 4.74 Å². The van der Waals surface area contributed by atoms with Crippen molar-refractivity contribution in [3.05, 3.63) is 50.9 Å². The summed E-state index contributed by atoms with van der Waals surface area (Å²) in [6.07, 6.45) is 0.742. The van der Waals surface area contributed by atoms with Crippen molar-refractivity contribution in [1.29, 1.82) is 0 Å². The van der Waals surface area contributed by atoms with Gasteiger partial charge in [0.05, 0.1) is 17.2 Å². The van der Waals surface area contributed by atoms with Crippen molar-refractivity contribution in [2.24, 2.45) is 4.99 Å². The number of nitrogens with one attached hydrogen (secondary N) is 2. The number of thiazole rings is 1. The van der Waals surface area contributed by atoms with Gasteiger partial charge < -0.3 is 15.4 Å². The second kappa shape index (κ2) is 10.4. The summed E-state index contributed by atoms with van der Waals surface area (Å²) < 4.78 is 5.57. The van der Waals surface area contributed by atoms with Crippen LogP contribution in [0, 0.1) is 6.92 Å². The largest absolute Gasteiger partial charge is 0.375 e. The number of aliphatic imine (C=N–C) groups is 1. The summed E-state index contributed by atoms with van der Waals surface area (Å²) in [7, 11) is 1.69. The molecule has 1 unspecified atom stereocenters. The molecule has 0 saturated heterocycles. The molecule has 2 rings (SSSR count). The molecule has 0 aliphatic carbocycles. The number of halogens is 1. The van der Waals surface area contributed by atoms with Crippen LogP contribution in [0.3, 0.4) is 0 Å². The van der Waals surface area contributed by atoms with E-state index in [1.807, 2.05) is 38.1 Å². The zero-order valence-electron chi connectivity index (χ0n) is 14.9. The molecular weight excluding hydrogens is 356 g/mol. The number of aromatic nitrogens is 1. The molecule has 1 aromatic heterocycles. The zero-order chi connectivity index (χ0) is 18.1. The van der Waals surface area contributed by atoms with Crippen LogP contribution in [-0.2, 0) is 11.2 Å². The number of hydrogen-bond donors (Lipinski definition) is 2. The molecule has 2 aromatic rings. The van der Waals surface area contributed by atoms with E-state index in [9.17, 15) is 0 Å². The van der Waals surface area contributed by atoms with Crippen molar-refractivity contribution in [1.82, 2.24) is 15.6 Å². The maximum Gasteiger partial charge on any atom is 0.191 e. The normalized spacial score (nSPS) is 12.9. The van der Waals surface area contributed by atoms with E-state index in [-0.39, 0.29) is 6.10 Å². The number of guanidine groups is 1. The molecule has 5 nitrogen and oxygen atoms in total. The predicted molar refractivity (Wildman–Crippen MR) is 106 cm³/mol. The lowest BCUT2D eigenvalue weighted by Crippen LogP contribution is -2.38. The fraction of sp³-hybridized carbons (Fsp3) is 0.444. The van der Waals surface area contributed by atoms with Gasteiger partial charge >= 0.3 is 0 Å². The average molecular weight is 381 g/mol. The Morgan fingerprint density at radius 1 is 1.40 bits per heavy atom. The number of nitrogens with zero attached hydrogens (tertiary/aromatic N) is 2. The zero-order valence-corrected chi connectivity index (χ0v) is 16.5. The molecular formula is C18H25ClN4OS. The van der Waals surface area contributed by atoms with Gasteiger partial charge in [-0.2, -0.15) is 0 Å². The van der Waals surface area contributed by atoms with Gasteiger partial charge in [0.1, 0.15) is 6.10 Å². The lowest BCUT2D eigenvalue weighted by Gasteiger charge is -2.16. The van der Waals surface area contributed by atoms with Gasteiger partial charge in [0.2, 0.25) is 0 Å². The van der Waals surface area contributed by atoms with Crippen LogP contribution in [0.5, 0.6) is 0 Å². The highest BCUT2D eigenvalue weighted by Gasteiger charge is 2.11. The Kier molecular flexibility index (Phi) is 8.18. The van der Waals surface area contributed by atoms with Gasteiger partial charge in [-0.05, 0) is 31.5 Å². The number of hydrogen-bond acceptors (Lipinski definition) is 4. The Labute approximate surface area is 158 Å². The molecule has 0 spiro atoms. The highest BCUT2D eigenvalue weighted by Crippen LogP contribution is 2.20. The van der Waals surface area contributed by atoms with E-state index in [1.165, 1.54) is 0 Å². The van der Waals surface area contributed by atoms with E-state index in [0.29, 0.717) is 11.6 Å². The molecule has 0 saturated carbocycles. The summed E-state index contributed by atoms with van der Waals surface area (Å²) in [6.45, 7) is 6.17. The molecule has 0 bridgehead atoms. The van der Waals surface area contributed by atoms with Crippen molar-refractivity contribution in [2.75, 3.05) is 26.7 Å². The van der Waals surface area contributed by atoms with E-state index < -0.39 is 0 Å². The molecule has 7 heteroatoms. The van der Waals surface area contributed by atoms with E-state index in [4.69, 9.17) is 16.3 Å². The number of rotatable bonds is 8. The summed E-state index contributed by atoms with van der Waals surface area (Å²) in [5.74, 6) is 0.776. The Morgan fingerprint density at radius 2 is 2.24 bits per heavy atom. The maximum absolute atomic E-state index is 6.07. The second-order valence-electron chi connectivity index (χ2n) is 5.53. The van der Waals surface area contributed by atoms with Crippen molar-refractivity contribution in [2.45, 2.75) is 26.4 Å². The third kappa shape index (κ3) is 6.65. The summed E-state index contributed by atoms with van der Waals surface area (Å²) in [5, 5.41) is 10.5. The van der Waals surface area contributed by atoms with Crippen molar-refractivity contribution in [3.8, 4) is 0 Å². The molecule has 1 aromatic carbocycles. The van der Waals surface area contributed by atoms with Gasteiger partial charge in [0, 0.05) is 37.0 Å². The van der Waals surface area contributed by atoms with Crippen LogP contribution in [0.25, 0.3) is 0 Å². The second-order valence-corrected chi connectivity index (χ2v) is 7.03. The minimum Gasteiger partial charge on any atom is -0.375 e. The first-order chi connectivity index (χ1) is 12.1. The molecule has 0 amide bonds. The summed E-state index contributed by atoms with van der Waals surface area (Å²) in [6, 6.07) is 7.69. The van der Waals surface area contributed by atoms with E-state index in [2.05, 4.69) is 26.0 Å². The molecule has 2 N–H and O–H groups in total. The highest BCUT2D eigenvalue weighted by molar-refractivity contribution is 7.09. The van der Waals surface area contributed by atoms with Gasteiger partial charge in [-0.1, -0.05) is 23.7 Å². The number of aryl methyl sites for hydroxylation is 1. The first-order valence-corrected chi connectivity index (χ1v) is 9.59. The molecule has 1 heterocycles. The lowest BCUT2D eigenvalue weighted by molar-refractivity contribution is 0.111. The molecule has 136 valence electrons. The fourth-order valence-corrected chi connectivity index (χ4v) is 3.22. The molecule has 1 atom stereocenters. The van der Waals surface area contributed by atoms with Gasteiger partial charge in [-0.25, -0.2) is 4.98 Å². The number of ether oxygens (including phenoxy) is 1. The van der Waals surface area contributed by atoms with E-state index in [0.717, 1.165) is 41.7 Å². The van der Waals surface area contributed by atoms with Crippen LogP contribution in [0.15, 0.2) is 34.6 Å². The Hall–Kier alpha value is -1.63. The van der Waals surface area contributed by atoms with E-state index in [1.54, 1.807) is 18.4 Å². The van der Waals surface area contributed by atoms with E-state index >= 15 is 0 Å². The molecule has 0 radical (unpaired) electrons. The monoisotopic (exact) mass is 380 g/mol. The highest BCUT2D eigenvalue weighted by atomic mass is 35.5. The summed E-state index contributed by atoms with van der Waals surface area (Å²) in [5.41, 5.74) is 2.13. The first-order valence-electron chi connectivity index (χ1n) is 8.33. The third-order valence-corrected chi connectivity index (χ3v) is 4.66. The van der Waals surface area contributed by atoms with Gasteiger partial charge in [-0.3, -0.25) is 4.99 Å². The van der Waals surface area contributed by atoms with Crippen LogP contribution in [0.2, 0.25) is 5.02 Å². The van der Waals surface area contributed by atoms with Crippen LogP contribution in [0.1, 0.15) is 29.3 Å². The van der Waals surface area contributed by atoms with Crippen molar-refractivity contribution in [3.63, 3.8) is 0 Å². The van der Waals surface area contributed by atoms with Gasteiger partial charge in [0.15, 0.2) is 5.96 Å². The number of benzene rings is 1. The average Bonchev–Trinajstić information content (AvgIpc) is 3.01. The Morgan fingerprint density at radius 3 is 2.88 bits per heavy atom. The van der Waals surface area contributed by atoms with Crippen LogP contribution >= 0.6 is 22.9 Å². The molecule has 0 fully saturated rings. The lowest BCUT2D eigenvalue weighted by atomic mass is 10.1. The Bertz CT molecular complexity index is 689. The molecule has 0 aliphatic rings. The number of methoxy groups -OCH3 is 1. The summed E-state index contributed by atoms with van der Waals surface area (Å²) in [4.78, 5) is 9.11. The van der Waals surface area contributed by atoms with Crippen LogP contribution in [-0.4, -0.2) is 37.7 Å².